The standard InChI is InChI=1S/C14H24/c1-4-14(12-7-8-12)13-6-5-10(2)11(3)9-13/h4,10-14H,1,5-9H2,2-3H3. The molecule has 2 saturated carbocycles. The maximum atomic E-state index is 4.04. The van der Waals surface area contributed by atoms with E-state index in [-0.39, 0.29) is 0 Å². The summed E-state index contributed by atoms with van der Waals surface area (Å²) in [5, 5.41) is 0. The quantitative estimate of drug-likeness (QED) is 0.586. The Balaban J connectivity index is 1.93. The summed E-state index contributed by atoms with van der Waals surface area (Å²) in [5.74, 6) is 4.72. The number of hydrogen-bond acceptors (Lipinski definition) is 0. The third-order valence-electron chi connectivity index (χ3n) is 4.62. The van der Waals surface area contributed by atoms with E-state index in [0.717, 1.165) is 29.6 Å². The molecule has 2 aliphatic rings. The van der Waals surface area contributed by atoms with Gasteiger partial charge in [-0.3, -0.25) is 0 Å². The van der Waals surface area contributed by atoms with Crippen molar-refractivity contribution in [3.05, 3.63) is 12.7 Å². The second-order valence-corrected chi connectivity index (χ2v) is 5.68. The second-order valence-electron chi connectivity index (χ2n) is 5.68. The molecule has 2 fully saturated rings. The molecule has 2 aliphatic carbocycles. The maximum absolute atomic E-state index is 4.04. The fourth-order valence-corrected chi connectivity index (χ4v) is 3.19. The molecular weight excluding hydrogens is 168 g/mol. The van der Waals surface area contributed by atoms with Gasteiger partial charge >= 0.3 is 0 Å². The van der Waals surface area contributed by atoms with E-state index >= 15 is 0 Å². The van der Waals surface area contributed by atoms with E-state index in [1.165, 1.54) is 32.1 Å². The zero-order valence-electron chi connectivity index (χ0n) is 9.71. The molecule has 0 amide bonds. The molecular formula is C14H24. The molecule has 80 valence electrons. The number of hydrogen-bond donors (Lipinski definition) is 0. The SMILES string of the molecule is C=CC(C1CC1)C1CCC(C)C(C)C1. The molecule has 0 aromatic carbocycles. The van der Waals surface area contributed by atoms with Gasteiger partial charge in [-0.1, -0.05) is 26.3 Å². The van der Waals surface area contributed by atoms with Gasteiger partial charge in [0.1, 0.15) is 0 Å². The lowest BCUT2D eigenvalue weighted by Gasteiger charge is -2.35. The van der Waals surface area contributed by atoms with Crippen molar-refractivity contribution in [2.24, 2.45) is 29.6 Å². The average molecular weight is 192 g/mol. The van der Waals surface area contributed by atoms with Crippen LogP contribution in [-0.4, -0.2) is 0 Å². The predicted molar refractivity (Wildman–Crippen MR) is 62.1 cm³/mol. The van der Waals surface area contributed by atoms with Crippen molar-refractivity contribution in [1.29, 1.82) is 0 Å². The largest absolute Gasteiger partial charge is 0.103 e. The lowest BCUT2D eigenvalue weighted by Crippen LogP contribution is -2.26. The third kappa shape index (κ3) is 2.04. The van der Waals surface area contributed by atoms with Gasteiger partial charge < -0.3 is 0 Å². The summed E-state index contributed by atoms with van der Waals surface area (Å²) in [6.07, 6.45) is 9.55. The summed E-state index contributed by atoms with van der Waals surface area (Å²) in [5.41, 5.74) is 0. The highest BCUT2D eigenvalue weighted by Gasteiger charge is 2.37. The summed E-state index contributed by atoms with van der Waals surface area (Å²) in [6, 6.07) is 0. The molecule has 0 spiro atoms. The minimum Gasteiger partial charge on any atom is -0.103 e. The van der Waals surface area contributed by atoms with Crippen LogP contribution in [0.4, 0.5) is 0 Å². The van der Waals surface area contributed by atoms with E-state index in [1.54, 1.807) is 0 Å². The first-order chi connectivity index (χ1) is 6.72. The van der Waals surface area contributed by atoms with E-state index in [9.17, 15) is 0 Å². The molecule has 4 atom stereocenters. The normalized spacial score (nSPS) is 40.6. The minimum atomic E-state index is 0.852. The van der Waals surface area contributed by atoms with Crippen LogP contribution < -0.4 is 0 Å². The number of rotatable bonds is 3. The Morgan fingerprint density at radius 1 is 1.00 bits per heavy atom. The van der Waals surface area contributed by atoms with Crippen LogP contribution in [0.2, 0.25) is 0 Å². The Hall–Kier alpha value is -0.260. The second kappa shape index (κ2) is 4.08. The van der Waals surface area contributed by atoms with Gasteiger partial charge in [0.15, 0.2) is 0 Å². The van der Waals surface area contributed by atoms with Crippen molar-refractivity contribution in [2.45, 2.75) is 46.0 Å². The van der Waals surface area contributed by atoms with Crippen LogP contribution in [0.15, 0.2) is 12.7 Å². The zero-order valence-corrected chi connectivity index (χ0v) is 9.71. The van der Waals surface area contributed by atoms with Crippen LogP contribution in [0, 0.1) is 29.6 Å². The van der Waals surface area contributed by atoms with Gasteiger partial charge in [0.25, 0.3) is 0 Å². The molecule has 2 rings (SSSR count). The number of allylic oxidation sites excluding steroid dienone is 1. The van der Waals surface area contributed by atoms with Gasteiger partial charge in [0, 0.05) is 0 Å². The topological polar surface area (TPSA) is 0 Å². The molecule has 0 bridgehead atoms. The first-order valence-corrected chi connectivity index (χ1v) is 6.35. The summed E-state index contributed by atoms with van der Waals surface area (Å²) in [4.78, 5) is 0. The lowest BCUT2D eigenvalue weighted by atomic mass is 9.70. The van der Waals surface area contributed by atoms with Crippen molar-refractivity contribution in [3.8, 4) is 0 Å². The average Bonchev–Trinajstić information content (AvgIpc) is 2.96. The Morgan fingerprint density at radius 2 is 1.64 bits per heavy atom. The molecule has 0 aromatic heterocycles. The van der Waals surface area contributed by atoms with Crippen molar-refractivity contribution >= 4 is 0 Å². The first-order valence-electron chi connectivity index (χ1n) is 6.35. The summed E-state index contributed by atoms with van der Waals surface area (Å²) >= 11 is 0. The van der Waals surface area contributed by atoms with Crippen LogP contribution >= 0.6 is 0 Å². The van der Waals surface area contributed by atoms with E-state index in [0.29, 0.717) is 0 Å². The van der Waals surface area contributed by atoms with Crippen LogP contribution in [0.5, 0.6) is 0 Å². The van der Waals surface area contributed by atoms with Crippen molar-refractivity contribution in [1.82, 2.24) is 0 Å². The fraction of sp³-hybridized carbons (Fsp3) is 0.857. The van der Waals surface area contributed by atoms with E-state index in [4.69, 9.17) is 0 Å². The Bertz CT molecular complexity index is 202. The van der Waals surface area contributed by atoms with Gasteiger partial charge in [0.05, 0.1) is 0 Å². The maximum Gasteiger partial charge on any atom is -0.0179 e. The molecule has 0 nitrogen and oxygen atoms in total. The Labute approximate surface area is 88.8 Å². The predicted octanol–water partition coefficient (Wildman–Crippen LogP) is 4.27. The monoisotopic (exact) mass is 192 g/mol. The van der Waals surface area contributed by atoms with Crippen molar-refractivity contribution in [2.75, 3.05) is 0 Å². The molecule has 0 aliphatic heterocycles. The van der Waals surface area contributed by atoms with Crippen LogP contribution in [0.1, 0.15) is 46.0 Å². The summed E-state index contributed by atoms with van der Waals surface area (Å²) in [6.45, 7) is 8.89. The smallest absolute Gasteiger partial charge is 0.0179 e. The van der Waals surface area contributed by atoms with Gasteiger partial charge in [-0.25, -0.2) is 0 Å². The van der Waals surface area contributed by atoms with Crippen LogP contribution in [-0.2, 0) is 0 Å². The molecule has 4 unspecified atom stereocenters. The molecule has 14 heavy (non-hydrogen) atoms. The van der Waals surface area contributed by atoms with E-state index in [2.05, 4.69) is 26.5 Å². The Morgan fingerprint density at radius 3 is 2.14 bits per heavy atom. The third-order valence-corrected chi connectivity index (χ3v) is 4.62. The van der Waals surface area contributed by atoms with E-state index < -0.39 is 0 Å². The van der Waals surface area contributed by atoms with Crippen molar-refractivity contribution < 1.29 is 0 Å². The van der Waals surface area contributed by atoms with Gasteiger partial charge in [-0.2, -0.15) is 0 Å². The fourth-order valence-electron chi connectivity index (χ4n) is 3.19. The zero-order chi connectivity index (χ0) is 10.1. The minimum absolute atomic E-state index is 0.852. The molecule has 0 heteroatoms. The molecule has 0 aromatic rings. The Kier molecular flexibility index (Phi) is 2.99. The van der Waals surface area contributed by atoms with Gasteiger partial charge in [0.2, 0.25) is 0 Å². The van der Waals surface area contributed by atoms with Gasteiger partial charge in [-0.05, 0) is 55.3 Å². The van der Waals surface area contributed by atoms with E-state index in [1.807, 2.05) is 0 Å². The van der Waals surface area contributed by atoms with Gasteiger partial charge in [-0.15, -0.1) is 6.58 Å². The van der Waals surface area contributed by atoms with Crippen molar-refractivity contribution in [3.63, 3.8) is 0 Å². The van der Waals surface area contributed by atoms with Crippen LogP contribution in [0.3, 0.4) is 0 Å². The first kappa shape index (κ1) is 10.3. The molecule has 0 radical (unpaired) electrons. The summed E-state index contributed by atoms with van der Waals surface area (Å²) < 4.78 is 0. The lowest BCUT2D eigenvalue weighted by molar-refractivity contribution is 0.165. The highest BCUT2D eigenvalue weighted by atomic mass is 14.4. The molecule has 0 saturated heterocycles. The van der Waals surface area contributed by atoms with Crippen LogP contribution in [0.25, 0.3) is 0 Å². The highest BCUT2D eigenvalue weighted by Crippen LogP contribution is 2.47. The summed E-state index contributed by atoms with van der Waals surface area (Å²) in [7, 11) is 0. The highest BCUT2D eigenvalue weighted by molar-refractivity contribution is 4.96. The molecule has 0 N–H and O–H groups in total. The molecule has 0 heterocycles.